The zero-order valence-corrected chi connectivity index (χ0v) is 17.3. The lowest BCUT2D eigenvalue weighted by Crippen LogP contribution is -2.15. The predicted molar refractivity (Wildman–Crippen MR) is 109 cm³/mol. The molecule has 4 rings (SSSR count). The van der Waals surface area contributed by atoms with Crippen LogP contribution in [0, 0.1) is 12.8 Å². The van der Waals surface area contributed by atoms with Crippen LogP contribution in [0.25, 0.3) is 0 Å². The number of ether oxygens (including phenoxy) is 1. The van der Waals surface area contributed by atoms with Crippen LogP contribution < -0.4 is 5.32 Å². The van der Waals surface area contributed by atoms with Gasteiger partial charge in [0.25, 0.3) is 0 Å². The van der Waals surface area contributed by atoms with Crippen LogP contribution >= 0.6 is 0 Å². The summed E-state index contributed by atoms with van der Waals surface area (Å²) in [5.41, 5.74) is 1.96. The van der Waals surface area contributed by atoms with E-state index in [1.165, 1.54) is 37.8 Å². The molecule has 0 radical (unpaired) electrons. The first-order valence-electron chi connectivity index (χ1n) is 10.8. The van der Waals surface area contributed by atoms with Crippen LogP contribution in [-0.4, -0.2) is 16.6 Å². The maximum atomic E-state index is 13.0. The molecule has 1 saturated heterocycles. The Morgan fingerprint density at radius 2 is 1.90 bits per heavy atom. The number of hydrogen-bond donors (Lipinski definition) is 1. The van der Waals surface area contributed by atoms with E-state index in [1.54, 1.807) is 6.07 Å². The van der Waals surface area contributed by atoms with Gasteiger partial charge in [-0.3, -0.25) is 0 Å². The Bertz CT molecular complexity index is 872. The van der Waals surface area contributed by atoms with E-state index < -0.39 is 11.7 Å². The maximum Gasteiger partial charge on any atom is 0.416 e. The number of aryl methyl sites for hydroxylation is 1. The van der Waals surface area contributed by atoms with Crippen LogP contribution in [0.15, 0.2) is 24.3 Å². The molecular formula is C23H28F3N3O. The molecule has 2 heterocycles. The third kappa shape index (κ3) is 4.94. The molecule has 2 fully saturated rings. The van der Waals surface area contributed by atoms with Gasteiger partial charge in [-0.2, -0.15) is 13.2 Å². The standard InChI is InChI=1S/C23H28F3N3O/c1-15-28-19(13-16-6-2-3-7-16)21(20-10-5-11-30-20)22(29-15)27-14-17-8-4-9-18(12-17)23(24,25)26/h4,8-9,12,16,20H,2-3,5-7,10-11,13-14H2,1H3,(H,27,28,29). The highest BCUT2D eigenvalue weighted by Crippen LogP contribution is 2.37. The van der Waals surface area contributed by atoms with Gasteiger partial charge in [0.2, 0.25) is 0 Å². The zero-order chi connectivity index (χ0) is 21.1. The molecule has 1 aromatic carbocycles. The fourth-order valence-corrected chi connectivity index (χ4v) is 4.60. The molecular weight excluding hydrogens is 391 g/mol. The molecule has 2 aromatic rings. The van der Waals surface area contributed by atoms with Crippen LogP contribution in [0.5, 0.6) is 0 Å². The van der Waals surface area contributed by atoms with Crippen LogP contribution in [-0.2, 0) is 23.9 Å². The first kappa shape index (κ1) is 21.1. The van der Waals surface area contributed by atoms with E-state index in [-0.39, 0.29) is 12.6 Å². The normalized spacial score (nSPS) is 20.1. The maximum absolute atomic E-state index is 13.0. The highest BCUT2D eigenvalue weighted by Gasteiger charge is 2.31. The Labute approximate surface area is 175 Å². The molecule has 1 saturated carbocycles. The number of nitrogens with one attached hydrogen (secondary N) is 1. The summed E-state index contributed by atoms with van der Waals surface area (Å²) >= 11 is 0. The number of halogens is 3. The Morgan fingerprint density at radius 1 is 1.10 bits per heavy atom. The molecule has 0 bridgehead atoms. The van der Waals surface area contributed by atoms with Gasteiger partial charge in [-0.15, -0.1) is 0 Å². The third-order valence-corrected chi connectivity index (χ3v) is 6.06. The molecule has 1 aromatic heterocycles. The van der Waals surface area contributed by atoms with Crippen molar-refractivity contribution in [2.45, 2.75) is 70.7 Å². The number of aromatic nitrogens is 2. The summed E-state index contributed by atoms with van der Waals surface area (Å²) in [6.45, 7) is 2.85. The van der Waals surface area contributed by atoms with Crippen molar-refractivity contribution < 1.29 is 17.9 Å². The van der Waals surface area contributed by atoms with Crippen LogP contribution in [0.3, 0.4) is 0 Å². The molecule has 0 amide bonds. The zero-order valence-electron chi connectivity index (χ0n) is 17.3. The van der Waals surface area contributed by atoms with Crippen molar-refractivity contribution in [3.05, 3.63) is 52.5 Å². The largest absolute Gasteiger partial charge is 0.416 e. The van der Waals surface area contributed by atoms with Gasteiger partial charge in [-0.25, -0.2) is 9.97 Å². The summed E-state index contributed by atoms with van der Waals surface area (Å²) in [4.78, 5) is 9.38. The van der Waals surface area contributed by atoms with E-state index in [0.29, 0.717) is 29.7 Å². The van der Waals surface area contributed by atoms with Crippen molar-refractivity contribution in [3.8, 4) is 0 Å². The highest BCUT2D eigenvalue weighted by atomic mass is 19.4. The van der Waals surface area contributed by atoms with E-state index in [0.717, 1.165) is 36.6 Å². The topological polar surface area (TPSA) is 47.0 Å². The van der Waals surface area contributed by atoms with Gasteiger partial charge in [0.1, 0.15) is 11.6 Å². The Morgan fingerprint density at radius 3 is 2.60 bits per heavy atom. The summed E-state index contributed by atoms with van der Waals surface area (Å²) < 4.78 is 45.1. The number of hydrogen-bond acceptors (Lipinski definition) is 4. The smallest absolute Gasteiger partial charge is 0.373 e. The molecule has 1 unspecified atom stereocenters. The van der Waals surface area contributed by atoms with E-state index >= 15 is 0 Å². The number of nitrogens with zero attached hydrogens (tertiary/aromatic N) is 2. The highest BCUT2D eigenvalue weighted by molar-refractivity contribution is 5.49. The van der Waals surface area contributed by atoms with Gasteiger partial charge in [-0.05, 0) is 49.8 Å². The van der Waals surface area contributed by atoms with E-state index in [4.69, 9.17) is 9.72 Å². The number of rotatable bonds is 6. The summed E-state index contributed by atoms with van der Waals surface area (Å²) in [5.74, 6) is 2.01. The van der Waals surface area contributed by atoms with Crippen LogP contribution in [0.2, 0.25) is 0 Å². The van der Waals surface area contributed by atoms with E-state index in [2.05, 4.69) is 10.3 Å². The van der Waals surface area contributed by atoms with Crippen molar-refractivity contribution in [3.63, 3.8) is 0 Å². The van der Waals surface area contributed by atoms with Gasteiger partial charge in [0, 0.05) is 18.7 Å². The van der Waals surface area contributed by atoms with Crippen molar-refractivity contribution >= 4 is 5.82 Å². The summed E-state index contributed by atoms with van der Waals surface area (Å²) in [6, 6.07) is 5.42. The fraction of sp³-hybridized carbons (Fsp3) is 0.565. The lowest BCUT2D eigenvalue weighted by Gasteiger charge is -2.21. The van der Waals surface area contributed by atoms with E-state index in [1.807, 2.05) is 6.92 Å². The number of alkyl halides is 3. The average Bonchev–Trinajstić information content (AvgIpc) is 3.40. The SMILES string of the molecule is Cc1nc(CC2CCCC2)c(C2CCCO2)c(NCc2cccc(C(F)(F)F)c2)n1. The minimum absolute atomic E-state index is 0.0500. The Hall–Kier alpha value is -2.15. The summed E-state index contributed by atoms with van der Waals surface area (Å²) in [6.07, 6.45) is 3.41. The van der Waals surface area contributed by atoms with Crippen molar-refractivity contribution in [2.75, 3.05) is 11.9 Å². The monoisotopic (exact) mass is 419 g/mol. The second-order valence-electron chi connectivity index (χ2n) is 8.39. The minimum atomic E-state index is -4.35. The lowest BCUT2D eigenvalue weighted by atomic mass is 9.95. The van der Waals surface area contributed by atoms with E-state index in [9.17, 15) is 13.2 Å². The molecule has 1 aliphatic heterocycles. The minimum Gasteiger partial charge on any atom is -0.373 e. The molecule has 7 heteroatoms. The molecule has 30 heavy (non-hydrogen) atoms. The first-order chi connectivity index (χ1) is 14.4. The third-order valence-electron chi connectivity index (χ3n) is 6.06. The second kappa shape index (κ2) is 8.92. The number of anilines is 1. The first-order valence-corrected chi connectivity index (χ1v) is 10.8. The summed E-state index contributed by atoms with van der Waals surface area (Å²) in [7, 11) is 0. The molecule has 1 aliphatic carbocycles. The molecule has 2 aliphatic rings. The van der Waals surface area contributed by atoms with Crippen molar-refractivity contribution in [1.82, 2.24) is 9.97 Å². The Balaban J connectivity index is 1.60. The van der Waals surface area contributed by atoms with Gasteiger partial charge in [-0.1, -0.05) is 37.8 Å². The molecule has 0 spiro atoms. The van der Waals surface area contributed by atoms with Gasteiger partial charge < -0.3 is 10.1 Å². The summed E-state index contributed by atoms with van der Waals surface area (Å²) in [5, 5.41) is 3.29. The Kier molecular flexibility index (Phi) is 6.27. The van der Waals surface area contributed by atoms with Crippen molar-refractivity contribution in [2.24, 2.45) is 5.92 Å². The molecule has 4 nitrogen and oxygen atoms in total. The van der Waals surface area contributed by atoms with Gasteiger partial charge in [0.05, 0.1) is 17.4 Å². The van der Waals surface area contributed by atoms with Crippen LogP contribution in [0.1, 0.15) is 72.8 Å². The fourth-order valence-electron chi connectivity index (χ4n) is 4.60. The lowest BCUT2D eigenvalue weighted by molar-refractivity contribution is -0.137. The second-order valence-corrected chi connectivity index (χ2v) is 8.39. The van der Waals surface area contributed by atoms with Gasteiger partial charge >= 0.3 is 6.18 Å². The van der Waals surface area contributed by atoms with Gasteiger partial charge in [0.15, 0.2) is 0 Å². The predicted octanol–water partition coefficient (Wildman–Crippen LogP) is 6.00. The quantitative estimate of drug-likeness (QED) is 0.624. The molecule has 1 atom stereocenters. The average molecular weight is 419 g/mol. The number of benzene rings is 1. The van der Waals surface area contributed by atoms with Crippen molar-refractivity contribution in [1.29, 1.82) is 0 Å². The van der Waals surface area contributed by atoms with Crippen LogP contribution in [0.4, 0.5) is 19.0 Å². The molecule has 162 valence electrons. The molecule has 1 N–H and O–H groups in total.